The SMILES string of the molecule is CC/C=C\C/C=C\C/C=C\C/C=C\C/C=C\C/C=C\C/C=C\C/C=C\CCCCC(=O)NC(COP(=O)(O)OCC[N+](C)(C)C)C(O)/C=C/CC/C=C/CC/C=C/CCCCCC. The van der Waals surface area contributed by atoms with Crippen molar-refractivity contribution in [2.24, 2.45) is 0 Å². The van der Waals surface area contributed by atoms with Crippen molar-refractivity contribution in [3.05, 3.63) is 134 Å². The highest BCUT2D eigenvalue weighted by atomic mass is 31.2. The van der Waals surface area contributed by atoms with E-state index in [1.807, 2.05) is 27.2 Å². The van der Waals surface area contributed by atoms with Gasteiger partial charge in [0.05, 0.1) is 39.9 Å². The number of hydrogen-bond donors (Lipinski definition) is 3. The predicted octanol–water partition coefficient (Wildman–Crippen LogP) is 14.0. The van der Waals surface area contributed by atoms with Crippen LogP contribution in [0.3, 0.4) is 0 Å². The van der Waals surface area contributed by atoms with Gasteiger partial charge in [0.25, 0.3) is 0 Å². The Morgan fingerprint density at radius 1 is 0.556 bits per heavy atom. The summed E-state index contributed by atoms with van der Waals surface area (Å²) in [6, 6.07) is -0.903. The van der Waals surface area contributed by atoms with Gasteiger partial charge < -0.3 is 19.8 Å². The molecule has 0 aromatic heterocycles. The minimum Gasteiger partial charge on any atom is -0.387 e. The molecule has 63 heavy (non-hydrogen) atoms. The number of rotatable bonds is 41. The quantitative estimate of drug-likeness (QED) is 0.0244. The van der Waals surface area contributed by atoms with Gasteiger partial charge in [-0.2, -0.15) is 0 Å². The Labute approximate surface area is 386 Å². The van der Waals surface area contributed by atoms with Crippen molar-refractivity contribution in [3.8, 4) is 0 Å². The number of likely N-dealkylation sites (N-methyl/N-ethyl adjacent to an activating group) is 1. The van der Waals surface area contributed by atoms with Crippen LogP contribution in [0.5, 0.6) is 0 Å². The van der Waals surface area contributed by atoms with Gasteiger partial charge in [-0.15, -0.1) is 0 Å². The molecule has 0 rings (SSSR count). The summed E-state index contributed by atoms with van der Waals surface area (Å²) in [5.41, 5.74) is 0. The van der Waals surface area contributed by atoms with Crippen LogP contribution in [0.2, 0.25) is 0 Å². The molecule has 0 aliphatic rings. The molecule has 0 saturated heterocycles. The number of unbranched alkanes of at least 4 members (excludes halogenated alkanes) is 8. The van der Waals surface area contributed by atoms with E-state index in [9.17, 15) is 19.4 Å². The van der Waals surface area contributed by atoms with Crippen molar-refractivity contribution in [1.82, 2.24) is 5.32 Å². The van der Waals surface area contributed by atoms with Crippen molar-refractivity contribution in [3.63, 3.8) is 0 Å². The monoisotopic (exact) mass is 894 g/mol. The summed E-state index contributed by atoms with van der Waals surface area (Å²) < 4.78 is 23.5. The number of nitrogens with one attached hydrogen (secondary N) is 1. The summed E-state index contributed by atoms with van der Waals surface area (Å²) in [4.78, 5) is 23.1. The van der Waals surface area contributed by atoms with E-state index < -0.39 is 20.0 Å². The Hall–Kier alpha value is -3.36. The third kappa shape index (κ3) is 46.4. The first-order valence-corrected chi connectivity index (χ1v) is 25.6. The lowest BCUT2D eigenvalue weighted by atomic mass is 10.1. The zero-order valence-corrected chi connectivity index (χ0v) is 41.1. The molecule has 356 valence electrons. The first-order chi connectivity index (χ1) is 30.5. The average molecular weight is 894 g/mol. The summed E-state index contributed by atoms with van der Waals surface area (Å²) in [6.45, 7) is 4.57. The number of phosphoric ester groups is 1. The highest BCUT2D eigenvalue weighted by Gasteiger charge is 2.27. The van der Waals surface area contributed by atoms with Gasteiger partial charge in [-0.05, 0) is 109 Å². The fourth-order valence-corrected chi connectivity index (χ4v) is 6.53. The predicted molar refractivity (Wildman–Crippen MR) is 271 cm³/mol. The van der Waals surface area contributed by atoms with E-state index in [2.05, 4.69) is 141 Å². The van der Waals surface area contributed by atoms with Gasteiger partial charge in [0.2, 0.25) is 5.91 Å². The second kappa shape index (κ2) is 43.9. The maximum Gasteiger partial charge on any atom is 0.472 e. The number of aliphatic hydroxyl groups is 1. The van der Waals surface area contributed by atoms with Crippen molar-refractivity contribution >= 4 is 13.7 Å². The molecule has 1 amide bonds. The van der Waals surface area contributed by atoms with Crippen molar-refractivity contribution in [2.45, 2.75) is 161 Å². The normalized spacial score (nSPS) is 15.3. The summed E-state index contributed by atoms with van der Waals surface area (Å²) in [5.74, 6) is -0.242. The third-order valence-corrected chi connectivity index (χ3v) is 10.6. The van der Waals surface area contributed by atoms with Gasteiger partial charge in [0.1, 0.15) is 13.2 Å². The van der Waals surface area contributed by atoms with Crippen LogP contribution >= 0.6 is 7.82 Å². The maximum atomic E-state index is 12.9. The third-order valence-electron chi connectivity index (χ3n) is 9.58. The van der Waals surface area contributed by atoms with Gasteiger partial charge in [0.15, 0.2) is 0 Å². The van der Waals surface area contributed by atoms with Crippen LogP contribution in [0.4, 0.5) is 0 Å². The molecule has 0 aliphatic heterocycles. The molecule has 3 atom stereocenters. The molecule has 0 aliphatic carbocycles. The molecule has 9 heteroatoms. The Morgan fingerprint density at radius 2 is 0.968 bits per heavy atom. The average Bonchev–Trinajstić information content (AvgIpc) is 3.24. The maximum absolute atomic E-state index is 12.9. The van der Waals surface area contributed by atoms with Crippen LogP contribution in [-0.2, 0) is 18.4 Å². The first-order valence-electron chi connectivity index (χ1n) is 24.1. The van der Waals surface area contributed by atoms with Gasteiger partial charge in [-0.25, -0.2) is 4.57 Å². The number of amides is 1. The van der Waals surface area contributed by atoms with Crippen molar-refractivity contribution in [2.75, 3.05) is 40.9 Å². The molecule has 3 N–H and O–H groups in total. The van der Waals surface area contributed by atoms with Crippen molar-refractivity contribution in [1.29, 1.82) is 0 Å². The van der Waals surface area contributed by atoms with E-state index in [1.54, 1.807) is 6.08 Å². The Bertz CT molecular complexity index is 1480. The Kier molecular flexibility index (Phi) is 41.5. The zero-order chi connectivity index (χ0) is 46.4. The minimum absolute atomic E-state index is 0.0364. The highest BCUT2D eigenvalue weighted by molar-refractivity contribution is 7.47. The number of carbonyl (C=O) groups excluding carboxylic acids is 1. The van der Waals surface area contributed by atoms with Crippen LogP contribution in [0.1, 0.15) is 149 Å². The summed E-state index contributed by atoms with van der Waals surface area (Å²) in [6.07, 6.45) is 66.8. The highest BCUT2D eigenvalue weighted by Crippen LogP contribution is 2.43. The van der Waals surface area contributed by atoms with Gasteiger partial charge in [-0.3, -0.25) is 13.8 Å². The number of carbonyl (C=O) groups is 1. The van der Waals surface area contributed by atoms with Crippen LogP contribution in [0, 0.1) is 0 Å². The van der Waals surface area contributed by atoms with E-state index in [4.69, 9.17) is 9.05 Å². The lowest BCUT2D eigenvalue weighted by Crippen LogP contribution is -2.45. The molecule has 0 aromatic carbocycles. The number of phosphoric acid groups is 1. The van der Waals surface area contributed by atoms with E-state index in [0.717, 1.165) is 96.3 Å². The summed E-state index contributed by atoms with van der Waals surface area (Å²) in [5, 5.41) is 13.8. The van der Waals surface area contributed by atoms with Gasteiger partial charge in [0, 0.05) is 6.42 Å². The van der Waals surface area contributed by atoms with E-state index in [1.165, 1.54) is 25.7 Å². The van der Waals surface area contributed by atoms with E-state index in [0.29, 0.717) is 17.4 Å². The van der Waals surface area contributed by atoms with Crippen LogP contribution in [0.15, 0.2) is 134 Å². The molecule has 0 heterocycles. The Morgan fingerprint density at radius 3 is 1.43 bits per heavy atom. The standard InChI is InChI=1S/C54H89N2O6P/c1-6-8-10-12-14-16-18-20-22-23-24-25-26-27-28-29-30-31-32-33-34-36-38-40-42-44-46-48-54(58)55-52(51-62-63(59,60)61-50-49-56(3,4)5)53(57)47-45-43-41-39-37-35-21-19-17-15-13-11-9-7-2/h8,10,14,16-17,19-20,22,24-25,27-28,30-31,33-34,37-40,45,47,52-53,57H,6-7,9,11-13,15,18,21,23,26,29,32,35-36,41-44,46,48-51H2,1-5H3,(H-,55,58,59,60)/p+1/b10-8-,16-14-,19-17+,22-20-,25-24-,28-27-,31-30-,34-33-,39-37+,40-38-,47-45+. The zero-order valence-electron chi connectivity index (χ0n) is 40.2. The van der Waals surface area contributed by atoms with E-state index in [-0.39, 0.29) is 25.5 Å². The number of nitrogens with zero attached hydrogens (tertiary/aromatic N) is 1. The molecule has 0 spiro atoms. The van der Waals surface area contributed by atoms with E-state index >= 15 is 0 Å². The largest absolute Gasteiger partial charge is 0.472 e. The topological polar surface area (TPSA) is 105 Å². The second-order valence-corrected chi connectivity index (χ2v) is 18.2. The summed E-state index contributed by atoms with van der Waals surface area (Å²) >= 11 is 0. The molecular weight excluding hydrogens is 804 g/mol. The molecule has 0 aromatic rings. The van der Waals surface area contributed by atoms with Crippen molar-refractivity contribution < 1.29 is 32.9 Å². The fraction of sp³-hybridized carbons (Fsp3) is 0.574. The van der Waals surface area contributed by atoms with Gasteiger partial charge in [-0.1, -0.05) is 167 Å². The number of quaternary nitrogens is 1. The number of hydrogen-bond acceptors (Lipinski definition) is 5. The summed E-state index contributed by atoms with van der Waals surface area (Å²) in [7, 11) is 1.49. The number of allylic oxidation sites excluding steroid dienone is 21. The lowest BCUT2D eigenvalue weighted by Gasteiger charge is -2.25. The van der Waals surface area contributed by atoms with Crippen LogP contribution in [0.25, 0.3) is 0 Å². The molecule has 0 radical (unpaired) electrons. The van der Waals surface area contributed by atoms with Crippen LogP contribution in [-0.4, -0.2) is 73.4 Å². The number of aliphatic hydroxyl groups excluding tert-OH is 1. The molecule has 0 saturated carbocycles. The molecule has 0 bridgehead atoms. The minimum atomic E-state index is -4.37. The second-order valence-electron chi connectivity index (χ2n) is 16.7. The lowest BCUT2D eigenvalue weighted by molar-refractivity contribution is -0.870. The van der Waals surface area contributed by atoms with Gasteiger partial charge >= 0.3 is 7.82 Å². The Balaban J connectivity index is 4.50. The molecule has 8 nitrogen and oxygen atoms in total. The smallest absolute Gasteiger partial charge is 0.387 e. The fourth-order valence-electron chi connectivity index (χ4n) is 5.79. The molecular formula is C54H90N2O6P+. The molecule has 3 unspecified atom stereocenters. The van der Waals surface area contributed by atoms with Crippen LogP contribution < -0.4 is 5.32 Å². The molecule has 0 fully saturated rings. The first kappa shape index (κ1) is 59.6.